The van der Waals surface area contributed by atoms with Gasteiger partial charge in [-0.05, 0) is 48.4 Å². The Hall–Kier alpha value is -3.92. The number of nitriles is 1. The van der Waals surface area contributed by atoms with Crippen LogP contribution in [0.5, 0.6) is 0 Å². The predicted octanol–water partition coefficient (Wildman–Crippen LogP) is 3.09. The molecule has 2 aromatic heterocycles. The average Bonchev–Trinajstić information content (AvgIpc) is 2.75. The molecule has 0 spiro atoms. The van der Waals surface area contributed by atoms with E-state index in [0.29, 0.717) is 28.9 Å². The van der Waals surface area contributed by atoms with E-state index in [1.54, 1.807) is 30.6 Å². The fourth-order valence-electron chi connectivity index (χ4n) is 3.70. The summed E-state index contributed by atoms with van der Waals surface area (Å²) in [5.41, 5.74) is 8.61. The van der Waals surface area contributed by atoms with Gasteiger partial charge in [0.05, 0.1) is 11.1 Å². The van der Waals surface area contributed by atoms with Crippen molar-refractivity contribution in [2.45, 2.75) is 25.3 Å². The lowest BCUT2D eigenvalue weighted by atomic mass is 9.81. The van der Waals surface area contributed by atoms with Crippen LogP contribution in [0.4, 0.5) is 4.39 Å². The number of nitrogens with two attached hydrogens (primary N) is 1. The third-order valence-electron chi connectivity index (χ3n) is 5.24. The van der Waals surface area contributed by atoms with Crippen molar-refractivity contribution in [1.82, 2.24) is 9.97 Å². The van der Waals surface area contributed by atoms with Gasteiger partial charge < -0.3 is 5.73 Å². The Kier molecular flexibility index (Phi) is 4.84. The number of aliphatic imine (C=N–C) groups is 1. The van der Waals surface area contributed by atoms with Crippen LogP contribution in [0.15, 0.2) is 60.0 Å². The molecule has 148 valence electrons. The van der Waals surface area contributed by atoms with Gasteiger partial charge in [0.15, 0.2) is 5.78 Å². The number of amidine groups is 1. The summed E-state index contributed by atoms with van der Waals surface area (Å²) in [7, 11) is 0. The summed E-state index contributed by atoms with van der Waals surface area (Å²) in [5.74, 6) is -0.306. The first-order chi connectivity index (χ1) is 14.4. The van der Waals surface area contributed by atoms with Crippen LogP contribution in [0.2, 0.25) is 0 Å². The molecule has 1 atom stereocenters. The van der Waals surface area contributed by atoms with Crippen LogP contribution in [0, 0.1) is 17.1 Å². The number of hydrogen-bond donors (Lipinski definition) is 1. The maximum Gasteiger partial charge on any atom is 0.185 e. The molecule has 7 heteroatoms. The Labute approximate surface area is 172 Å². The van der Waals surface area contributed by atoms with Gasteiger partial charge in [0, 0.05) is 42.6 Å². The van der Waals surface area contributed by atoms with Crippen LogP contribution in [0.3, 0.4) is 0 Å². The van der Waals surface area contributed by atoms with E-state index in [4.69, 9.17) is 11.0 Å². The van der Waals surface area contributed by atoms with Crippen molar-refractivity contribution >= 4 is 11.6 Å². The van der Waals surface area contributed by atoms with E-state index in [-0.39, 0.29) is 17.9 Å². The second kappa shape index (κ2) is 7.48. The summed E-state index contributed by atoms with van der Waals surface area (Å²) in [6.45, 7) is 1.83. The standard InChI is InChI=1S/C23H18FN5O/c1-23(10-16-6-7-27-13-17(16)22(26)29-23)18-8-14(2-4-19(18)24)9-21(30)20-5-3-15(11-25)12-28-20/h2-8,12-13H,9-10H2,1H3,(H2,26,29). The summed E-state index contributed by atoms with van der Waals surface area (Å²) in [6, 6.07) is 11.5. The van der Waals surface area contributed by atoms with E-state index < -0.39 is 11.4 Å². The van der Waals surface area contributed by atoms with Crippen LogP contribution < -0.4 is 5.73 Å². The average molecular weight is 399 g/mol. The Morgan fingerprint density at radius 2 is 2.10 bits per heavy atom. The highest BCUT2D eigenvalue weighted by Gasteiger charge is 2.34. The van der Waals surface area contributed by atoms with E-state index >= 15 is 0 Å². The predicted molar refractivity (Wildman–Crippen MR) is 109 cm³/mol. The zero-order valence-corrected chi connectivity index (χ0v) is 16.3. The first-order valence-electron chi connectivity index (χ1n) is 9.36. The van der Waals surface area contributed by atoms with Crippen molar-refractivity contribution in [3.8, 4) is 6.07 Å². The number of benzene rings is 1. The van der Waals surface area contributed by atoms with Gasteiger partial charge >= 0.3 is 0 Å². The zero-order chi connectivity index (χ0) is 21.3. The monoisotopic (exact) mass is 399 g/mol. The molecule has 0 amide bonds. The van der Waals surface area contributed by atoms with Crippen LogP contribution in [0.1, 0.15) is 45.2 Å². The van der Waals surface area contributed by atoms with Crippen molar-refractivity contribution in [2.24, 2.45) is 10.7 Å². The lowest BCUT2D eigenvalue weighted by molar-refractivity contribution is 0.0988. The maximum atomic E-state index is 14.8. The first-order valence-corrected chi connectivity index (χ1v) is 9.36. The minimum Gasteiger partial charge on any atom is -0.383 e. The number of Topliss-reactive ketones (excluding diaryl/α,β-unsaturated/α-hetero) is 1. The number of carbonyl (C=O) groups excluding carboxylic acids is 1. The fraction of sp³-hybridized carbons (Fsp3) is 0.174. The third-order valence-corrected chi connectivity index (χ3v) is 5.24. The summed E-state index contributed by atoms with van der Waals surface area (Å²) in [6.07, 6.45) is 5.22. The van der Waals surface area contributed by atoms with Gasteiger partial charge in [0.2, 0.25) is 0 Å². The minimum atomic E-state index is -0.895. The van der Waals surface area contributed by atoms with E-state index in [2.05, 4.69) is 15.0 Å². The number of pyridine rings is 2. The molecule has 0 saturated heterocycles. The van der Waals surface area contributed by atoms with Gasteiger partial charge in [0.25, 0.3) is 0 Å². The summed E-state index contributed by atoms with van der Waals surface area (Å²) >= 11 is 0. The highest BCUT2D eigenvalue weighted by molar-refractivity contribution is 6.00. The maximum absolute atomic E-state index is 14.8. The van der Waals surface area contributed by atoms with Crippen molar-refractivity contribution in [3.63, 3.8) is 0 Å². The largest absolute Gasteiger partial charge is 0.383 e. The van der Waals surface area contributed by atoms with Gasteiger partial charge in [-0.15, -0.1) is 0 Å². The van der Waals surface area contributed by atoms with Gasteiger partial charge in [-0.3, -0.25) is 19.8 Å². The normalized spacial score (nSPS) is 17.6. The van der Waals surface area contributed by atoms with Crippen molar-refractivity contribution < 1.29 is 9.18 Å². The van der Waals surface area contributed by atoms with Gasteiger partial charge in [-0.25, -0.2) is 4.39 Å². The number of carbonyl (C=O) groups is 1. The van der Waals surface area contributed by atoms with Gasteiger partial charge in [-0.2, -0.15) is 5.26 Å². The van der Waals surface area contributed by atoms with E-state index in [1.165, 1.54) is 18.3 Å². The molecule has 0 radical (unpaired) electrons. The highest BCUT2D eigenvalue weighted by atomic mass is 19.1. The SMILES string of the molecule is CC1(c2cc(CC(=O)c3ccc(C#N)cn3)ccc2F)Cc2ccncc2C(N)=N1. The number of nitrogens with zero attached hydrogens (tertiary/aromatic N) is 4. The molecule has 1 aromatic carbocycles. The lowest BCUT2D eigenvalue weighted by Gasteiger charge is -2.32. The molecular formula is C23H18FN5O. The molecule has 0 aliphatic carbocycles. The number of ketones is 1. The molecule has 1 aliphatic rings. The number of aromatic nitrogens is 2. The molecule has 4 rings (SSSR count). The van der Waals surface area contributed by atoms with Crippen molar-refractivity contribution in [1.29, 1.82) is 5.26 Å². The molecular weight excluding hydrogens is 381 g/mol. The number of hydrogen-bond acceptors (Lipinski definition) is 6. The van der Waals surface area contributed by atoms with Crippen molar-refractivity contribution in [3.05, 3.63) is 94.3 Å². The van der Waals surface area contributed by atoms with Crippen molar-refractivity contribution in [2.75, 3.05) is 0 Å². The Balaban J connectivity index is 1.65. The second-order valence-corrected chi connectivity index (χ2v) is 7.44. The molecule has 0 bridgehead atoms. The molecule has 3 aromatic rings. The number of fused-ring (bicyclic) bond motifs is 1. The third kappa shape index (κ3) is 3.55. The minimum absolute atomic E-state index is 0.0575. The number of rotatable bonds is 4. The molecule has 0 saturated carbocycles. The molecule has 1 unspecified atom stereocenters. The Bertz CT molecular complexity index is 1210. The lowest BCUT2D eigenvalue weighted by Crippen LogP contribution is -2.34. The molecule has 30 heavy (non-hydrogen) atoms. The molecule has 3 heterocycles. The zero-order valence-electron chi connectivity index (χ0n) is 16.3. The van der Waals surface area contributed by atoms with E-state index in [1.807, 2.05) is 19.1 Å². The fourth-order valence-corrected chi connectivity index (χ4v) is 3.70. The molecule has 6 nitrogen and oxygen atoms in total. The quantitative estimate of drug-likeness (QED) is 0.679. The van der Waals surface area contributed by atoms with E-state index in [0.717, 1.165) is 11.1 Å². The second-order valence-electron chi connectivity index (χ2n) is 7.44. The van der Waals surface area contributed by atoms with Crippen LogP contribution in [-0.2, 0) is 18.4 Å². The molecule has 1 aliphatic heterocycles. The van der Waals surface area contributed by atoms with Crippen LogP contribution in [0.25, 0.3) is 0 Å². The summed E-state index contributed by atoms with van der Waals surface area (Å²) in [4.78, 5) is 25.3. The Morgan fingerprint density at radius 3 is 2.83 bits per heavy atom. The van der Waals surface area contributed by atoms with Gasteiger partial charge in [0.1, 0.15) is 23.4 Å². The van der Waals surface area contributed by atoms with E-state index in [9.17, 15) is 9.18 Å². The summed E-state index contributed by atoms with van der Waals surface area (Å²) < 4.78 is 14.8. The molecule has 0 fully saturated rings. The smallest absolute Gasteiger partial charge is 0.185 e. The highest BCUT2D eigenvalue weighted by Crippen LogP contribution is 2.36. The van der Waals surface area contributed by atoms with Crippen LogP contribution >= 0.6 is 0 Å². The number of halogens is 1. The summed E-state index contributed by atoms with van der Waals surface area (Å²) in [5, 5.41) is 8.85. The molecule has 2 N–H and O–H groups in total. The van der Waals surface area contributed by atoms with Gasteiger partial charge in [-0.1, -0.05) is 6.07 Å². The Morgan fingerprint density at radius 1 is 1.27 bits per heavy atom. The topological polar surface area (TPSA) is 105 Å². The van der Waals surface area contributed by atoms with Crippen LogP contribution in [-0.4, -0.2) is 21.6 Å². The first kappa shape index (κ1) is 19.4.